The van der Waals surface area contributed by atoms with Crippen molar-refractivity contribution in [3.63, 3.8) is 0 Å². The molecule has 9 heteroatoms. The molecule has 0 aliphatic carbocycles. The van der Waals surface area contributed by atoms with Crippen LogP contribution in [-0.2, 0) is 11.0 Å². The lowest BCUT2D eigenvalue weighted by Gasteiger charge is -2.09. The highest BCUT2D eigenvalue weighted by Gasteiger charge is 2.30. The van der Waals surface area contributed by atoms with Crippen LogP contribution in [0.5, 0.6) is 5.75 Å². The lowest BCUT2D eigenvalue weighted by molar-refractivity contribution is -0.137. The molecular weight excluding hydrogens is 371 g/mol. The summed E-state index contributed by atoms with van der Waals surface area (Å²) in [5.74, 6) is -1.01. The fourth-order valence-electron chi connectivity index (χ4n) is 2.03. The fourth-order valence-corrected chi connectivity index (χ4v) is 2.03. The molecule has 2 aromatic carbocycles. The highest BCUT2D eigenvalue weighted by atomic mass is 19.4. The number of anilines is 1. The number of halogens is 5. The molecule has 0 atom stereocenters. The van der Waals surface area contributed by atoms with Crippen LogP contribution in [0.25, 0.3) is 6.08 Å². The maximum atomic E-state index is 12.7. The Morgan fingerprint density at radius 2 is 1.81 bits per heavy atom. The van der Waals surface area contributed by atoms with Gasteiger partial charge in [-0.2, -0.15) is 27.2 Å². The van der Waals surface area contributed by atoms with Crippen LogP contribution >= 0.6 is 0 Å². The quantitative estimate of drug-likeness (QED) is 0.457. The normalized spacial score (nSPS) is 11.8. The van der Waals surface area contributed by atoms with Gasteiger partial charge in [-0.25, -0.2) is 0 Å². The standard InChI is InChI=1S/C18H11F5N2O2/c19-17(20)27-15-6-4-11(5-7-15)8-12(10-24)16(26)25-14-3-1-2-13(9-14)18(21,22)23/h1-9,17H,(H,25,26)/b12-8+. The smallest absolute Gasteiger partial charge is 0.416 e. The lowest BCUT2D eigenvalue weighted by Crippen LogP contribution is -2.14. The van der Waals surface area contributed by atoms with E-state index < -0.39 is 24.3 Å². The summed E-state index contributed by atoms with van der Waals surface area (Å²) in [5, 5.41) is 11.3. The van der Waals surface area contributed by atoms with E-state index in [-0.39, 0.29) is 17.0 Å². The van der Waals surface area contributed by atoms with Gasteiger partial charge in [0, 0.05) is 5.69 Å². The van der Waals surface area contributed by atoms with Crippen LogP contribution in [0.15, 0.2) is 54.1 Å². The molecule has 0 heterocycles. The summed E-state index contributed by atoms with van der Waals surface area (Å²) < 4.78 is 66.5. The Kier molecular flexibility index (Phi) is 6.13. The zero-order valence-corrected chi connectivity index (χ0v) is 13.4. The first-order chi connectivity index (χ1) is 12.7. The van der Waals surface area contributed by atoms with Crippen molar-refractivity contribution in [1.82, 2.24) is 0 Å². The summed E-state index contributed by atoms with van der Waals surface area (Å²) in [6.45, 7) is -2.99. The van der Waals surface area contributed by atoms with Gasteiger partial charge in [0.1, 0.15) is 17.4 Å². The van der Waals surface area contributed by atoms with Crippen molar-refractivity contribution < 1.29 is 31.5 Å². The number of carbonyl (C=O) groups is 1. The van der Waals surface area contributed by atoms with Gasteiger partial charge in [0.15, 0.2) is 0 Å². The lowest BCUT2D eigenvalue weighted by atomic mass is 10.1. The van der Waals surface area contributed by atoms with Crippen molar-refractivity contribution in [3.8, 4) is 11.8 Å². The molecule has 0 aliphatic heterocycles. The number of carbonyl (C=O) groups excluding carboxylic acids is 1. The predicted octanol–water partition coefficient (Wildman–Crippen LogP) is 4.85. The fraction of sp³-hybridized carbons (Fsp3) is 0.111. The third-order valence-corrected chi connectivity index (χ3v) is 3.23. The molecule has 0 fully saturated rings. The van der Waals surface area contributed by atoms with Crippen molar-refractivity contribution in [2.45, 2.75) is 12.8 Å². The molecule has 140 valence electrons. The first kappa shape index (κ1) is 19.9. The Balaban J connectivity index is 2.16. The molecule has 0 saturated carbocycles. The van der Waals surface area contributed by atoms with E-state index in [1.165, 1.54) is 30.3 Å². The molecule has 0 spiro atoms. The number of ether oxygens (including phenoxy) is 1. The highest BCUT2D eigenvalue weighted by Crippen LogP contribution is 2.30. The highest BCUT2D eigenvalue weighted by molar-refractivity contribution is 6.09. The summed E-state index contributed by atoms with van der Waals surface area (Å²) >= 11 is 0. The third-order valence-electron chi connectivity index (χ3n) is 3.23. The van der Waals surface area contributed by atoms with Gasteiger partial charge >= 0.3 is 12.8 Å². The summed E-state index contributed by atoms with van der Waals surface area (Å²) in [5.41, 5.74) is -1.11. The summed E-state index contributed by atoms with van der Waals surface area (Å²) in [6.07, 6.45) is -3.41. The number of nitrogens with one attached hydrogen (secondary N) is 1. The largest absolute Gasteiger partial charge is 0.435 e. The van der Waals surface area contributed by atoms with Crippen LogP contribution < -0.4 is 10.1 Å². The minimum absolute atomic E-state index is 0.103. The van der Waals surface area contributed by atoms with Crippen molar-refractivity contribution >= 4 is 17.7 Å². The van der Waals surface area contributed by atoms with Crippen LogP contribution in [0.4, 0.5) is 27.6 Å². The molecular formula is C18H11F5N2O2. The Bertz CT molecular complexity index is 884. The van der Waals surface area contributed by atoms with Crippen molar-refractivity contribution in [1.29, 1.82) is 5.26 Å². The summed E-state index contributed by atoms with van der Waals surface area (Å²) in [7, 11) is 0. The second-order valence-corrected chi connectivity index (χ2v) is 5.15. The zero-order chi connectivity index (χ0) is 20.0. The molecule has 1 amide bonds. The first-order valence-electron chi connectivity index (χ1n) is 7.34. The maximum Gasteiger partial charge on any atom is 0.416 e. The van der Waals surface area contributed by atoms with E-state index in [2.05, 4.69) is 10.1 Å². The van der Waals surface area contributed by atoms with Gasteiger partial charge in [-0.15, -0.1) is 0 Å². The van der Waals surface area contributed by atoms with E-state index in [4.69, 9.17) is 5.26 Å². The van der Waals surface area contributed by atoms with Gasteiger partial charge < -0.3 is 10.1 Å². The van der Waals surface area contributed by atoms with Crippen LogP contribution in [0.1, 0.15) is 11.1 Å². The van der Waals surface area contributed by atoms with Gasteiger partial charge in [-0.3, -0.25) is 4.79 Å². The molecule has 0 aliphatic rings. The van der Waals surface area contributed by atoms with Gasteiger partial charge in [0.25, 0.3) is 5.91 Å². The Morgan fingerprint density at radius 3 is 2.37 bits per heavy atom. The minimum atomic E-state index is -4.57. The number of nitrogens with zero attached hydrogens (tertiary/aromatic N) is 1. The molecule has 0 radical (unpaired) electrons. The van der Waals surface area contributed by atoms with Gasteiger partial charge in [0.05, 0.1) is 5.56 Å². The number of hydrogen-bond acceptors (Lipinski definition) is 3. The van der Waals surface area contributed by atoms with Crippen molar-refractivity contribution in [2.24, 2.45) is 0 Å². The van der Waals surface area contributed by atoms with Crippen LogP contribution in [0, 0.1) is 11.3 Å². The SMILES string of the molecule is N#C/C(=C\c1ccc(OC(F)F)cc1)C(=O)Nc1cccc(C(F)(F)F)c1. The van der Waals surface area contributed by atoms with Crippen LogP contribution in [0.2, 0.25) is 0 Å². The van der Waals surface area contributed by atoms with Crippen molar-refractivity contribution in [3.05, 3.63) is 65.2 Å². The van der Waals surface area contributed by atoms with Crippen LogP contribution in [0.3, 0.4) is 0 Å². The molecule has 4 nitrogen and oxygen atoms in total. The number of rotatable bonds is 5. The Labute approximate surface area is 150 Å². The average Bonchev–Trinajstić information content (AvgIpc) is 2.60. The third kappa shape index (κ3) is 5.81. The van der Waals surface area contributed by atoms with E-state index in [1.807, 2.05) is 0 Å². The number of alkyl halides is 5. The molecule has 0 unspecified atom stereocenters. The van der Waals surface area contributed by atoms with E-state index in [1.54, 1.807) is 6.07 Å². The number of benzene rings is 2. The second kappa shape index (κ2) is 8.31. The van der Waals surface area contributed by atoms with E-state index in [0.29, 0.717) is 5.56 Å². The first-order valence-corrected chi connectivity index (χ1v) is 7.34. The summed E-state index contributed by atoms with van der Waals surface area (Å²) in [6, 6.07) is 10.7. The van der Waals surface area contributed by atoms with E-state index >= 15 is 0 Å². The van der Waals surface area contributed by atoms with E-state index in [0.717, 1.165) is 24.3 Å². The molecule has 2 aromatic rings. The number of nitriles is 1. The molecule has 0 aromatic heterocycles. The Hall–Kier alpha value is -3.41. The molecule has 0 saturated heterocycles. The van der Waals surface area contributed by atoms with Gasteiger partial charge in [-0.05, 0) is 42.0 Å². The molecule has 27 heavy (non-hydrogen) atoms. The second-order valence-electron chi connectivity index (χ2n) is 5.15. The Morgan fingerprint density at radius 1 is 1.15 bits per heavy atom. The van der Waals surface area contributed by atoms with Gasteiger partial charge in [0.2, 0.25) is 0 Å². The van der Waals surface area contributed by atoms with Crippen molar-refractivity contribution in [2.75, 3.05) is 5.32 Å². The molecule has 0 bridgehead atoms. The predicted molar refractivity (Wildman–Crippen MR) is 86.7 cm³/mol. The van der Waals surface area contributed by atoms with Gasteiger partial charge in [-0.1, -0.05) is 18.2 Å². The maximum absolute atomic E-state index is 12.7. The van der Waals surface area contributed by atoms with E-state index in [9.17, 15) is 26.7 Å². The average molecular weight is 382 g/mol. The summed E-state index contributed by atoms with van der Waals surface area (Å²) in [4.78, 5) is 12.1. The topological polar surface area (TPSA) is 62.1 Å². The zero-order valence-electron chi connectivity index (χ0n) is 13.4. The molecule has 1 N–H and O–H groups in total. The minimum Gasteiger partial charge on any atom is -0.435 e. The number of amides is 1. The monoisotopic (exact) mass is 382 g/mol. The number of hydrogen-bond donors (Lipinski definition) is 1. The molecule has 2 rings (SSSR count). The van der Waals surface area contributed by atoms with Crippen LogP contribution in [-0.4, -0.2) is 12.5 Å².